The van der Waals surface area contributed by atoms with Gasteiger partial charge in [0.1, 0.15) is 6.61 Å². The summed E-state index contributed by atoms with van der Waals surface area (Å²) in [5, 5.41) is 5.85. The highest BCUT2D eigenvalue weighted by molar-refractivity contribution is 5.77. The first-order valence-electron chi connectivity index (χ1n) is 4.82. The summed E-state index contributed by atoms with van der Waals surface area (Å²) in [6, 6.07) is -0.00146. The Labute approximate surface area is 84.7 Å². The summed E-state index contributed by atoms with van der Waals surface area (Å²) in [5.41, 5.74) is -0.158. The number of amides is 1. The number of hydrogen-bond acceptors (Lipinski definition) is 3. The van der Waals surface area contributed by atoms with Gasteiger partial charge in [-0.3, -0.25) is 4.79 Å². The van der Waals surface area contributed by atoms with Gasteiger partial charge in [0.2, 0.25) is 5.91 Å². The van der Waals surface area contributed by atoms with Crippen LogP contribution in [0, 0.1) is 0 Å². The highest BCUT2D eigenvalue weighted by atomic mass is 16.5. The fourth-order valence-electron chi connectivity index (χ4n) is 1.17. The Morgan fingerprint density at radius 2 is 2.43 bits per heavy atom. The zero-order valence-electron chi connectivity index (χ0n) is 8.80. The minimum absolute atomic E-state index is 0.00146. The maximum Gasteiger partial charge on any atom is 0.246 e. The normalized spacial score (nSPS) is 20.7. The van der Waals surface area contributed by atoms with Crippen LogP contribution in [-0.2, 0) is 9.53 Å². The number of hydrogen-bond donors (Lipinski definition) is 2. The van der Waals surface area contributed by atoms with Crippen molar-refractivity contribution in [3.05, 3.63) is 12.7 Å². The van der Waals surface area contributed by atoms with Gasteiger partial charge >= 0.3 is 0 Å². The lowest BCUT2D eigenvalue weighted by molar-refractivity contribution is -0.136. The SMILES string of the molecule is C=CC(C)NC(=O)COC1(C)CNC1. The Bertz CT molecular complexity index is 224. The van der Waals surface area contributed by atoms with Crippen molar-refractivity contribution < 1.29 is 9.53 Å². The highest BCUT2D eigenvalue weighted by Crippen LogP contribution is 2.14. The van der Waals surface area contributed by atoms with E-state index < -0.39 is 0 Å². The average molecular weight is 198 g/mol. The summed E-state index contributed by atoms with van der Waals surface area (Å²) in [6.07, 6.45) is 1.69. The van der Waals surface area contributed by atoms with Gasteiger partial charge in [-0.2, -0.15) is 0 Å². The molecule has 1 amide bonds. The molecule has 0 bridgehead atoms. The standard InChI is InChI=1S/C10H18N2O2/c1-4-8(2)12-9(13)5-14-10(3)6-11-7-10/h4,8,11H,1,5-7H2,2-3H3,(H,12,13). The van der Waals surface area contributed by atoms with Crippen LogP contribution in [-0.4, -0.2) is 37.2 Å². The molecular formula is C10H18N2O2. The Balaban J connectivity index is 2.17. The van der Waals surface area contributed by atoms with Crippen LogP contribution in [0.5, 0.6) is 0 Å². The molecule has 0 saturated carbocycles. The summed E-state index contributed by atoms with van der Waals surface area (Å²) in [6.45, 7) is 9.21. The van der Waals surface area contributed by atoms with Crippen molar-refractivity contribution in [1.29, 1.82) is 0 Å². The summed E-state index contributed by atoms with van der Waals surface area (Å²) < 4.78 is 5.46. The molecule has 1 fully saturated rings. The van der Waals surface area contributed by atoms with E-state index in [1.165, 1.54) is 0 Å². The van der Waals surface area contributed by atoms with Crippen molar-refractivity contribution in [2.24, 2.45) is 0 Å². The van der Waals surface area contributed by atoms with Crippen LogP contribution in [0.15, 0.2) is 12.7 Å². The largest absolute Gasteiger partial charge is 0.363 e. The van der Waals surface area contributed by atoms with Crippen molar-refractivity contribution in [3.8, 4) is 0 Å². The molecule has 1 unspecified atom stereocenters. The predicted molar refractivity (Wildman–Crippen MR) is 55.0 cm³/mol. The zero-order chi connectivity index (χ0) is 10.6. The number of rotatable bonds is 5. The van der Waals surface area contributed by atoms with Crippen LogP contribution in [0.25, 0.3) is 0 Å². The maximum atomic E-state index is 11.3. The van der Waals surface area contributed by atoms with Gasteiger partial charge in [-0.15, -0.1) is 6.58 Å². The van der Waals surface area contributed by atoms with Crippen LogP contribution in [0.1, 0.15) is 13.8 Å². The predicted octanol–water partition coefficient (Wildman–Crippen LogP) is 0.0556. The van der Waals surface area contributed by atoms with E-state index in [1.807, 2.05) is 13.8 Å². The molecule has 1 aliphatic rings. The third kappa shape index (κ3) is 3.12. The Kier molecular flexibility index (Phi) is 3.66. The lowest BCUT2D eigenvalue weighted by atomic mass is 10.0. The van der Waals surface area contributed by atoms with Crippen molar-refractivity contribution in [2.75, 3.05) is 19.7 Å². The minimum Gasteiger partial charge on any atom is -0.363 e. The molecule has 1 saturated heterocycles. The van der Waals surface area contributed by atoms with Crippen molar-refractivity contribution in [1.82, 2.24) is 10.6 Å². The van der Waals surface area contributed by atoms with Crippen LogP contribution in [0.3, 0.4) is 0 Å². The van der Waals surface area contributed by atoms with Gasteiger partial charge in [-0.1, -0.05) is 6.08 Å². The molecule has 0 spiro atoms. The van der Waals surface area contributed by atoms with E-state index >= 15 is 0 Å². The Morgan fingerprint density at radius 1 is 1.79 bits per heavy atom. The number of nitrogens with one attached hydrogen (secondary N) is 2. The van der Waals surface area contributed by atoms with E-state index in [0.29, 0.717) is 0 Å². The van der Waals surface area contributed by atoms with Gasteiger partial charge in [0.15, 0.2) is 0 Å². The maximum absolute atomic E-state index is 11.3. The van der Waals surface area contributed by atoms with E-state index in [4.69, 9.17) is 4.74 Å². The molecule has 1 rings (SSSR count). The van der Waals surface area contributed by atoms with Crippen LogP contribution < -0.4 is 10.6 Å². The molecule has 80 valence electrons. The van der Waals surface area contributed by atoms with Gasteiger partial charge in [-0.25, -0.2) is 0 Å². The van der Waals surface area contributed by atoms with Gasteiger partial charge in [0, 0.05) is 19.1 Å². The molecular weight excluding hydrogens is 180 g/mol. The van der Waals surface area contributed by atoms with E-state index in [-0.39, 0.29) is 24.2 Å². The second-order valence-electron chi connectivity index (χ2n) is 3.93. The molecule has 0 aromatic heterocycles. The van der Waals surface area contributed by atoms with Gasteiger partial charge in [0.05, 0.1) is 5.60 Å². The van der Waals surface area contributed by atoms with Crippen LogP contribution in [0.2, 0.25) is 0 Å². The monoisotopic (exact) mass is 198 g/mol. The quantitative estimate of drug-likeness (QED) is 0.614. The molecule has 1 aliphatic heterocycles. The van der Waals surface area contributed by atoms with Crippen molar-refractivity contribution in [2.45, 2.75) is 25.5 Å². The molecule has 1 atom stereocenters. The Hall–Kier alpha value is -0.870. The molecule has 1 heterocycles. The van der Waals surface area contributed by atoms with Crippen LogP contribution >= 0.6 is 0 Å². The third-order valence-electron chi connectivity index (χ3n) is 2.29. The summed E-state index contributed by atoms with van der Waals surface area (Å²) in [7, 11) is 0. The molecule has 4 heteroatoms. The van der Waals surface area contributed by atoms with Gasteiger partial charge in [0.25, 0.3) is 0 Å². The number of carbonyl (C=O) groups is 1. The number of ether oxygens (including phenoxy) is 1. The van der Waals surface area contributed by atoms with Crippen molar-refractivity contribution in [3.63, 3.8) is 0 Å². The lowest BCUT2D eigenvalue weighted by Gasteiger charge is -2.38. The summed E-state index contributed by atoms with van der Waals surface area (Å²) in [4.78, 5) is 11.3. The summed E-state index contributed by atoms with van der Waals surface area (Å²) in [5.74, 6) is -0.0921. The molecule has 2 N–H and O–H groups in total. The molecule has 14 heavy (non-hydrogen) atoms. The van der Waals surface area contributed by atoms with E-state index in [0.717, 1.165) is 13.1 Å². The lowest BCUT2D eigenvalue weighted by Crippen LogP contribution is -2.59. The first-order chi connectivity index (χ1) is 6.56. The molecule has 4 nitrogen and oxygen atoms in total. The molecule has 0 radical (unpaired) electrons. The first-order valence-corrected chi connectivity index (χ1v) is 4.82. The molecule has 0 aromatic rings. The van der Waals surface area contributed by atoms with Crippen LogP contribution in [0.4, 0.5) is 0 Å². The molecule has 0 aliphatic carbocycles. The minimum atomic E-state index is -0.158. The fourth-order valence-corrected chi connectivity index (χ4v) is 1.17. The van der Waals surface area contributed by atoms with E-state index in [9.17, 15) is 4.79 Å². The zero-order valence-corrected chi connectivity index (χ0v) is 8.80. The number of carbonyl (C=O) groups excluding carboxylic acids is 1. The molecule has 0 aromatic carbocycles. The average Bonchev–Trinajstić information content (AvgIpc) is 2.11. The van der Waals surface area contributed by atoms with Gasteiger partial charge in [-0.05, 0) is 13.8 Å². The second kappa shape index (κ2) is 4.57. The van der Waals surface area contributed by atoms with E-state index in [2.05, 4.69) is 17.2 Å². The topological polar surface area (TPSA) is 50.4 Å². The fraction of sp³-hybridized carbons (Fsp3) is 0.700. The first kappa shape index (κ1) is 11.2. The second-order valence-corrected chi connectivity index (χ2v) is 3.93. The highest BCUT2D eigenvalue weighted by Gasteiger charge is 2.32. The van der Waals surface area contributed by atoms with E-state index in [1.54, 1.807) is 6.08 Å². The Morgan fingerprint density at radius 3 is 2.86 bits per heavy atom. The third-order valence-corrected chi connectivity index (χ3v) is 2.29. The van der Waals surface area contributed by atoms with Crippen molar-refractivity contribution >= 4 is 5.91 Å². The van der Waals surface area contributed by atoms with Gasteiger partial charge < -0.3 is 15.4 Å². The summed E-state index contributed by atoms with van der Waals surface area (Å²) >= 11 is 0. The smallest absolute Gasteiger partial charge is 0.246 e.